The van der Waals surface area contributed by atoms with Crippen molar-refractivity contribution in [3.8, 4) is 11.5 Å². The van der Waals surface area contributed by atoms with Crippen LogP contribution in [-0.2, 0) is 4.79 Å². The molecule has 21 heavy (non-hydrogen) atoms. The maximum Gasteiger partial charge on any atom is 0.231 e. The van der Waals surface area contributed by atoms with Crippen LogP contribution in [0.1, 0.15) is 38.5 Å². The van der Waals surface area contributed by atoms with Crippen molar-refractivity contribution in [1.29, 1.82) is 0 Å². The first kappa shape index (κ1) is 14.2. The number of amides is 1. The third-order valence-corrected chi connectivity index (χ3v) is 4.54. The molecule has 5 heteroatoms. The zero-order valence-electron chi connectivity index (χ0n) is 12.2. The van der Waals surface area contributed by atoms with Crippen molar-refractivity contribution in [3.05, 3.63) is 18.2 Å². The second-order valence-corrected chi connectivity index (χ2v) is 6.06. The van der Waals surface area contributed by atoms with E-state index in [1.807, 2.05) is 12.1 Å². The predicted octanol–water partition coefficient (Wildman–Crippen LogP) is 2.65. The quantitative estimate of drug-likeness (QED) is 0.894. The summed E-state index contributed by atoms with van der Waals surface area (Å²) in [6.07, 6.45) is 6.21. The summed E-state index contributed by atoms with van der Waals surface area (Å²) in [5, 5.41) is 2.95. The molecule has 2 aliphatic rings. The minimum Gasteiger partial charge on any atom is -0.454 e. The number of fused-ring (bicyclic) bond motifs is 1. The molecule has 1 fully saturated rings. The van der Waals surface area contributed by atoms with Crippen LogP contribution < -0.4 is 20.5 Å². The Morgan fingerprint density at radius 1 is 1.19 bits per heavy atom. The molecule has 114 valence electrons. The highest BCUT2D eigenvalue weighted by atomic mass is 16.7. The Labute approximate surface area is 124 Å². The van der Waals surface area contributed by atoms with Crippen LogP contribution in [0, 0.1) is 5.41 Å². The van der Waals surface area contributed by atoms with E-state index in [9.17, 15) is 4.79 Å². The first-order valence-corrected chi connectivity index (χ1v) is 7.60. The van der Waals surface area contributed by atoms with Crippen LogP contribution in [0.2, 0.25) is 0 Å². The van der Waals surface area contributed by atoms with Gasteiger partial charge in [-0.2, -0.15) is 0 Å². The maximum atomic E-state index is 12.3. The smallest absolute Gasteiger partial charge is 0.231 e. The summed E-state index contributed by atoms with van der Waals surface area (Å²) in [7, 11) is 0. The van der Waals surface area contributed by atoms with Gasteiger partial charge >= 0.3 is 0 Å². The monoisotopic (exact) mass is 290 g/mol. The predicted molar refractivity (Wildman–Crippen MR) is 80.4 cm³/mol. The van der Waals surface area contributed by atoms with Crippen molar-refractivity contribution in [3.63, 3.8) is 0 Å². The van der Waals surface area contributed by atoms with Gasteiger partial charge in [-0.05, 0) is 36.9 Å². The average Bonchev–Trinajstić information content (AvgIpc) is 2.95. The second kappa shape index (κ2) is 5.93. The summed E-state index contributed by atoms with van der Waals surface area (Å²) < 4.78 is 10.6. The largest absolute Gasteiger partial charge is 0.454 e. The number of rotatable bonds is 4. The molecule has 0 spiro atoms. The van der Waals surface area contributed by atoms with Gasteiger partial charge in [0, 0.05) is 18.2 Å². The van der Waals surface area contributed by atoms with Gasteiger partial charge in [0.2, 0.25) is 12.7 Å². The Morgan fingerprint density at radius 2 is 1.95 bits per heavy atom. The lowest BCUT2D eigenvalue weighted by Crippen LogP contribution is -2.36. The third-order valence-electron chi connectivity index (χ3n) is 4.54. The SMILES string of the molecule is NCC1(CC(=O)Nc2ccc3c(c2)OCO3)CCCCC1. The van der Waals surface area contributed by atoms with Gasteiger partial charge in [0.05, 0.1) is 0 Å². The Bertz CT molecular complexity index is 524. The van der Waals surface area contributed by atoms with Gasteiger partial charge in [-0.25, -0.2) is 0 Å². The highest BCUT2D eigenvalue weighted by Gasteiger charge is 2.33. The number of hydrogen-bond donors (Lipinski definition) is 2. The summed E-state index contributed by atoms with van der Waals surface area (Å²) in [5.41, 5.74) is 6.66. The minimum absolute atomic E-state index is 0.0152. The topological polar surface area (TPSA) is 73.6 Å². The highest BCUT2D eigenvalue weighted by Crippen LogP contribution is 2.39. The van der Waals surface area contributed by atoms with E-state index in [2.05, 4.69) is 5.32 Å². The average molecular weight is 290 g/mol. The molecule has 1 amide bonds. The molecule has 1 heterocycles. The van der Waals surface area contributed by atoms with E-state index in [0.717, 1.165) is 24.3 Å². The van der Waals surface area contributed by atoms with Gasteiger partial charge in [0.25, 0.3) is 0 Å². The van der Waals surface area contributed by atoms with Gasteiger partial charge < -0.3 is 20.5 Å². The lowest BCUT2D eigenvalue weighted by Gasteiger charge is -2.35. The standard InChI is InChI=1S/C16H22N2O3/c17-10-16(6-2-1-3-7-16)9-15(19)18-12-4-5-13-14(8-12)21-11-20-13/h4-5,8H,1-3,6-7,9-11,17H2,(H,18,19). The van der Waals surface area contributed by atoms with Crippen molar-refractivity contribution in [1.82, 2.24) is 0 Å². The van der Waals surface area contributed by atoms with E-state index in [4.69, 9.17) is 15.2 Å². The van der Waals surface area contributed by atoms with E-state index in [1.165, 1.54) is 19.3 Å². The second-order valence-electron chi connectivity index (χ2n) is 6.06. The fraction of sp³-hybridized carbons (Fsp3) is 0.562. The van der Waals surface area contributed by atoms with Crippen LogP contribution in [0.25, 0.3) is 0 Å². The molecular weight excluding hydrogens is 268 g/mol. The lowest BCUT2D eigenvalue weighted by molar-refractivity contribution is -0.118. The van der Waals surface area contributed by atoms with Crippen molar-refractivity contribution in [2.75, 3.05) is 18.7 Å². The van der Waals surface area contributed by atoms with Crippen molar-refractivity contribution < 1.29 is 14.3 Å². The first-order valence-electron chi connectivity index (χ1n) is 7.60. The lowest BCUT2D eigenvalue weighted by atomic mass is 9.71. The molecular formula is C16H22N2O3. The normalized spacial score (nSPS) is 19.3. The number of hydrogen-bond acceptors (Lipinski definition) is 4. The van der Waals surface area contributed by atoms with Crippen molar-refractivity contribution in [2.45, 2.75) is 38.5 Å². The number of ether oxygens (including phenoxy) is 2. The molecule has 0 bridgehead atoms. The molecule has 1 aromatic carbocycles. The molecule has 1 saturated carbocycles. The zero-order chi connectivity index (χ0) is 14.7. The van der Waals surface area contributed by atoms with Gasteiger partial charge in [-0.1, -0.05) is 19.3 Å². The highest BCUT2D eigenvalue weighted by molar-refractivity contribution is 5.91. The fourth-order valence-electron chi connectivity index (χ4n) is 3.27. The third kappa shape index (κ3) is 3.13. The summed E-state index contributed by atoms with van der Waals surface area (Å²) in [6.45, 7) is 0.824. The number of anilines is 1. The number of carbonyl (C=O) groups excluding carboxylic acids is 1. The number of carbonyl (C=O) groups is 1. The van der Waals surface area contributed by atoms with Crippen LogP contribution in [-0.4, -0.2) is 19.2 Å². The first-order chi connectivity index (χ1) is 10.2. The summed E-state index contributed by atoms with van der Waals surface area (Å²) in [6, 6.07) is 5.45. The molecule has 1 aromatic rings. The van der Waals surface area contributed by atoms with Gasteiger partial charge in [0.1, 0.15) is 0 Å². The van der Waals surface area contributed by atoms with E-state index in [-0.39, 0.29) is 18.1 Å². The van der Waals surface area contributed by atoms with E-state index >= 15 is 0 Å². The molecule has 0 unspecified atom stereocenters. The Kier molecular flexibility index (Phi) is 4.01. The molecule has 0 radical (unpaired) electrons. The van der Waals surface area contributed by atoms with E-state index in [1.54, 1.807) is 6.07 Å². The van der Waals surface area contributed by atoms with Crippen LogP contribution in [0.15, 0.2) is 18.2 Å². The molecule has 3 rings (SSSR count). The maximum absolute atomic E-state index is 12.3. The van der Waals surface area contributed by atoms with Crippen LogP contribution in [0.4, 0.5) is 5.69 Å². The van der Waals surface area contributed by atoms with Crippen LogP contribution in [0.3, 0.4) is 0 Å². The number of nitrogens with one attached hydrogen (secondary N) is 1. The summed E-state index contributed by atoms with van der Waals surface area (Å²) in [4.78, 5) is 12.3. The van der Waals surface area contributed by atoms with E-state index < -0.39 is 0 Å². The van der Waals surface area contributed by atoms with Crippen molar-refractivity contribution in [2.24, 2.45) is 11.1 Å². The fourth-order valence-corrected chi connectivity index (χ4v) is 3.27. The molecule has 0 saturated heterocycles. The van der Waals surface area contributed by atoms with Crippen LogP contribution >= 0.6 is 0 Å². The molecule has 1 aliphatic heterocycles. The molecule has 0 atom stereocenters. The summed E-state index contributed by atoms with van der Waals surface area (Å²) >= 11 is 0. The van der Waals surface area contributed by atoms with Gasteiger partial charge in [0.15, 0.2) is 11.5 Å². The number of benzene rings is 1. The minimum atomic E-state index is -0.0152. The Morgan fingerprint density at radius 3 is 2.71 bits per heavy atom. The van der Waals surface area contributed by atoms with Crippen molar-refractivity contribution >= 4 is 11.6 Å². The Hall–Kier alpha value is -1.75. The van der Waals surface area contributed by atoms with Crippen LogP contribution in [0.5, 0.6) is 11.5 Å². The molecule has 0 aromatic heterocycles. The zero-order valence-corrected chi connectivity index (χ0v) is 12.2. The summed E-state index contributed by atoms with van der Waals surface area (Å²) in [5.74, 6) is 1.43. The van der Waals surface area contributed by atoms with Gasteiger partial charge in [-0.3, -0.25) is 4.79 Å². The molecule has 5 nitrogen and oxygen atoms in total. The molecule has 1 aliphatic carbocycles. The van der Waals surface area contributed by atoms with Gasteiger partial charge in [-0.15, -0.1) is 0 Å². The number of nitrogens with two attached hydrogens (primary N) is 1. The Balaban J connectivity index is 1.63. The van der Waals surface area contributed by atoms with E-state index in [0.29, 0.717) is 18.7 Å². The molecule has 3 N–H and O–H groups in total.